The molecule has 1 aromatic rings. The van der Waals surface area contributed by atoms with Crippen LogP contribution in [0.3, 0.4) is 0 Å². The number of anilines is 1. The van der Waals surface area contributed by atoms with Gasteiger partial charge in [0.25, 0.3) is 0 Å². The Morgan fingerprint density at radius 2 is 2.00 bits per heavy atom. The molecule has 1 saturated carbocycles. The predicted octanol–water partition coefficient (Wildman–Crippen LogP) is 2.77. The second kappa shape index (κ2) is 5.59. The summed E-state index contributed by atoms with van der Waals surface area (Å²) in [5.74, 6) is 0. The molecule has 0 saturated heterocycles. The molecule has 0 amide bonds. The van der Waals surface area contributed by atoms with Crippen molar-refractivity contribution in [2.75, 3.05) is 19.3 Å². The van der Waals surface area contributed by atoms with Gasteiger partial charge in [-0.1, -0.05) is 28.8 Å². The quantitative estimate of drug-likeness (QED) is 0.841. The summed E-state index contributed by atoms with van der Waals surface area (Å²) in [6.45, 7) is 1.55. The highest BCUT2D eigenvalue weighted by Crippen LogP contribution is 2.30. The Morgan fingerprint density at radius 1 is 1.33 bits per heavy atom. The maximum absolute atomic E-state index is 10.4. The lowest BCUT2D eigenvalue weighted by atomic mass is 10.0. The van der Waals surface area contributed by atoms with Crippen LogP contribution < -0.4 is 5.73 Å². The zero-order chi connectivity index (χ0) is 13.2. The molecule has 0 spiro atoms. The van der Waals surface area contributed by atoms with E-state index in [4.69, 9.17) is 5.73 Å². The Bertz CT molecular complexity index is 396. The van der Waals surface area contributed by atoms with Crippen LogP contribution >= 0.6 is 15.9 Å². The van der Waals surface area contributed by atoms with E-state index >= 15 is 0 Å². The van der Waals surface area contributed by atoms with Crippen LogP contribution in [0.15, 0.2) is 22.7 Å². The summed E-state index contributed by atoms with van der Waals surface area (Å²) in [7, 11) is 2.05. The summed E-state index contributed by atoms with van der Waals surface area (Å²) in [5, 5.41) is 10.4. The highest BCUT2D eigenvalue weighted by Gasteiger charge is 2.32. The molecular weight excluding hydrogens is 292 g/mol. The lowest BCUT2D eigenvalue weighted by molar-refractivity contribution is 0.0145. The van der Waals surface area contributed by atoms with Gasteiger partial charge in [-0.3, -0.25) is 4.90 Å². The van der Waals surface area contributed by atoms with E-state index in [1.807, 2.05) is 19.2 Å². The van der Waals surface area contributed by atoms with Crippen molar-refractivity contribution in [1.29, 1.82) is 0 Å². The van der Waals surface area contributed by atoms with Crippen LogP contribution in [-0.2, 0) is 6.54 Å². The first-order valence-electron chi connectivity index (χ1n) is 6.43. The minimum atomic E-state index is -0.480. The smallest absolute Gasteiger partial charge is 0.0774 e. The maximum atomic E-state index is 10.4. The second-order valence-corrected chi connectivity index (χ2v) is 6.41. The summed E-state index contributed by atoms with van der Waals surface area (Å²) in [4.78, 5) is 2.17. The number of halogens is 1. The average Bonchev–Trinajstić information content (AvgIpc) is 2.62. The van der Waals surface area contributed by atoms with Gasteiger partial charge in [-0.25, -0.2) is 0 Å². The summed E-state index contributed by atoms with van der Waals surface area (Å²) in [6.07, 6.45) is 4.15. The number of nitrogens with two attached hydrogens (primary N) is 1. The topological polar surface area (TPSA) is 49.5 Å². The van der Waals surface area contributed by atoms with Crippen LogP contribution in [0.2, 0.25) is 0 Å². The van der Waals surface area contributed by atoms with Crippen LogP contribution in [0.1, 0.15) is 31.2 Å². The van der Waals surface area contributed by atoms with Crippen molar-refractivity contribution in [2.24, 2.45) is 0 Å². The minimum Gasteiger partial charge on any atom is -0.399 e. The fraction of sp³-hybridized carbons (Fsp3) is 0.571. The van der Waals surface area contributed by atoms with Crippen molar-refractivity contribution in [3.05, 3.63) is 28.2 Å². The predicted molar refractivity (Wildman–Crippen MR) is 78.3 cm³/mol. The Hall–Kier alpha value is -0.580. The number of benzene rings is 1. The van der Waals surface area contributed by atoms with Gasteiger partial charge in [-0.05, 0) is 43.7 Å². The summed E-state index contributed by atoms with van der Waals surface area (Å²) >= 11 is 3.45. The van der Waals surface area contributed by atoms with E-state index in [1.165, 1.54) is 5.56 Å². The molecule has 1 aliphatic carbocycles. The van der Waals surface area contributed by atoms with Gasteiger partial charge >= 0.3 is 0 Å². The molecule has 0 unspecified atom stereocenters. The van der Waals surface area contributed by atoms with E-state index in [2.05, 4.69) is 26.9 Å². The zero-order valence-corrected chi connectivity index (χ0v) is 12.4. The Kier molecular flexibility index (Phi) is 4.30. The number of hydrogen-bond donors (Lipinski definition) is 2. The van der Waals surface area contributed by atoms with Crippen LogP contribution in [0.5, 0.6) is 0 Å². The summed E-state index contributed by atoms with van der Waals surface area (Å²) < 4.78 is 1.01. The molecule has 1 fully saturated rings. The first-order valence-corrected chi connectivity index (χ1v) is 7.22. The number of aliphatic hydroxyl groups is 1. The van der Waals surface area contributed by atoms with E-state index in [0.717, 1.165) is 48.9 Å². The van der Waals surface area contributed by atoms with E-state index in [-0.39, 0.29) is 0 Å². The lowest BCUT2D eigenvalue weighted by Crippen LogP contribution is -2.38. The van der Waals surface area contributed by atoms with Crippen molar-refractivity contribution in [2.45, 2.75) is 37.8 Å². The third-order valence-corrected chi connectivity index (χ3v) is 3.99. The fourth-order valence-electron chi connectivity index (χ4n) is 2.83. The standard InChI is InChI=1S/C14H21BrN2O/c1-17(10-14(18)4-2-3-5-14)9-11-6-12(15)8-13(16)7-11/h6-8,18H,2-5,9-10,16H2,1H3. The molecule has 18 heavy (non-hydrogen) atoms. The van der Waals surface area contributed by atoms with E-state index < -0.39 is 5.60 Å². The van der Waals surface area contributed by atoms with E-state index in [1.54, 1.807) is 0 Å². The molecule has 0 radical (unpaired) electrons. The molecule has 100 valence electrons. The Balaban J connectivity index is 1.96. The molecule has 0 aliphatic heterocycles. The summed E-state index contributed by atoms with van der Waals surface area (Å²) in [6, 6.07) is 5.96. The first kappa shape index (κ1) is 13.8. The van der Waals surface area contributed by atoms with Crippen molar-refractivity contribution in [3.8, 4) is 0 Å². The van der Waals surface area contributed by atoms with Crippen molar-refractivity contribution >= 4 is 21.6 Å². The average molecular weight is 313 g/mol. The normalized spacial score (nSPS) is 18.4. The molecule has 3 N–H and O–H groups in total. The molecule has 2 rings (SSSR count). The minimum absolute atomic E-state index is 0.480. The largest absolute Gasteiger partial charge is 0.399 e. The van der Waals surface area contributed by atoms with Gasteiger partial charge in [0.15, 0.2) is 0 Å². The number of nitrogens with zero attached hydrogens (tertiary/aromatic N) is 1. The van der Waals surface area contributed by atoms with Crippen LogP contribution in [0.4, 0.5) is 5.69 Å². The number of nitrogen functional groups attached to an aromatic ring is 1. The van der Waals surface area contributed by atoms with Crippen molar-refractivity contribution < 1.29 is 5.11 Å². The van der Waals surface area contributed by atoms with Crippen LogP contribution in [-0.4, -0.2) is 29.2 Å². The Morgan fingerprint density at radius 3 is 2.61 bits per heavy atom. The molecule has 1 aliphatic rings. The Labute approximate surface area is 117 Å². The van der Waals surface area contributed by atoms with Crippen LogP contribution in [0.25, 0.3) is 0 Å². The maximum Gasteiger partial charge on any atom is 0.0774 e. The third-order valence-electron chi connectivity index (χ3n) is 3.53. The van der Waals surface area contributed by atoms with E-state index in [0.29, 0.717) is 0 Å². The molecule has 0 bridgehead atoms. The number of hydrogen-bond acceptors (Lipinski definition) is 3. The number of rotatable bonds is 4. The summed E-state index contributed by atoms with van der Waals surface area (Å²) in [5.41, 5.74) is 7.29. The second-order valence-electron chi connectivity index (χ2n) is 5.50. The number of likely N-dealkylation sites (N-methyl/N-ethyl adjacent to an activating group) is 1. The SMILES string of the molecule is CN(Cc1cc(N)cc(Br)c1)CC1(O)CCCC1. The molecule has 0 heterocycles. The highest BCUT2D eigenvalue weighted by molar-refractivity contribution is 9.10. The van der Waals surface area contributed by atoms with Gasteiger partial charge in [0, 0.05) is 23.2 Å². The molecule has 4 heteroatoms. The van der Waals surface area contributed by atoms with Crippen molar-refractivity contribution in [3.63, 3.8) is 0 Å². The lowest BCUT2D eigenvalue weighted by Gasteiger charge is -2.28. The van der Waals surface area contributed by atoms with Gasteiger partial charge in [-0.15, -0.1) is 0 Å². The first-order chi connectivity index (χ1) is 8.47. The molecular formula is C14H21BrN2O. The molecule has 1 aromatic carbocycles. The monoisotopic (exact) mass is 312 g/mol. The van der Waals surface area contributed by atoms with Gasteiger partial charge in [0.1, 0.15) is 0 Å². The molecule has 0 aromatic heterocycles. The fourth-order valence-corrected chi connectivity index (χ4v) is 3.39. The van der Waals surface area contributed by atoms with Crippen molar-refractivity contribution in [1.82, 2.24) is 4.90 Å². The van der Waals surface area contributed by atoms with E-state index in [9.17, 15) is 5.11 Å². The highest BCUT2D eigenvalue weighted by atomic mass is 79.9. The van der Waals surface area contributed by atoms with Gasteiger partial charge in [0.2, 0.25) is 0 Å². The van der Waals surface area contributed by atoms with Gasteiger partial charge in [-0.2, -0.15) is 0 Å². The van der Waals surface area contributed by atoms with Crippen LogP contribution in [0, 0.1) is 0 Å². The third kappa shape index (κ3) is 3.70. The molecule has 3 nitrogen and oxygen atoms in total. The molecule has 0 atom stereocenters. The van der Waals surface area contributed by atoms with Gasteiger partial charge in [0.05, 0.1) is 5.60 Å². The van der Waals surface area contributed by atoms with Gasteiger partial charge < -0.3 is 10.8 Å². The zero-order valence-electron chi connectivity index (χ0n) is 10.8.